The third-order valence-electron chi connectivity index (χ3n) is 7.22. The van der Waals surface area contributed by atoms with Crippen molar-refractivity contribution in [3.05, 3.63) is 82.9 Å². The molecule has 2 aliphatic rings. The second kappa shape index (κ2) is 11.3. The van der Waals surface area contributed by atoms with E-state index in [9.17, 15) is 9.59 Å². The van der Waals surface area contributed by atoms with Crippen LogP contribution in [0.25, 0.3) is 16.8 Å². The molecule has 1 N–H and O–H groups in total. The van der Waals surface area contributed by atoms with Gasteiger partial charge >= 0.3 is 0 Å². The molecule has 0 spiro atoms. The molecule has 4 heteroatoms. The Morgan fingerprint density at radius 2 is 1.86 bits per heavy atom. The molecule has 1 amide bonds. The number of benzene rings is 3. The number of hydrogen-bond donors (Lipinski definition) is 1. The second-order valence-electron chi connectivity index (χ2n) is 9.82. The molecule has 0 saturated heterocycles. The highest BCUT2D eigenvalue weighted by molar-refractivity contribution is 7.99. The average molecular weight is 484 g/mol. The molecule has 3 aromatic rings. The lowest BCUT2D eigenvalue weighted by Gasteiger charge is -2.22. The average Bonchev–Trinajstić information content (AvgIpc) is 2.88. The van der Waals surface area contributed by atoms with Crippen molar-refractivity contribution in [1.29, 1.82) is 0 Å². The first-order chi connectivity index (χ1) is 17.2. The summed E-state index contributed by atoms with van der Waals surface area (Å²) in [6.45, 7) is 0.465. The quantitative estimate of drug-likeness (QED) is 0.382. The Balaban J connectivity index is 1.42. The molecule has 180 valence electrons. The fourth-order valence-corrected chi connectivity index (χ4v) is 6.48. The number of fused-ring (bicyclic) bond motifs is 3. The molecular formula is C31H33NO2S. The lowest BCUT2D eigenvalue weighted by molar-refractivity contribution is -0.122. The van der Waals surface area contributed by atoms with Gasteiger partial charge in [0.15, 0.2) is 5.78 Å². The van der Waals surface area contributed by atoms with Gasteiger partial charge in [-0.25, -0.2) is 0 Å². The van der Waals surface area contributed by atoms with E-state index >= 15 is 0 Å². The van der Waals surface area contributed by atoms with Gasteiger partial charge in [-0.3, -0.25) is 9.59 Å². The molecular weight excluding hydrogens is 450 g/mol. The zero-order chi connectivity index (χ0) is 24.0. The van der Waals surface area contributed by atoms with Gasteiger partial charge in [-0.15, -0.1) is 11.8 Å². The van der Waals surface area contributed by atoms with Gasteiger partial charge in [-0.2, -0.15) is 0 Å². The summed E-state index contributed by atoms with van der Waals surface area (Å²) in [5.41, 5.74) is 4.27. The van der Waals surface area contributed by atoms with Crippen molar-refractivity contribution >= 4 is 40.3 Å². The van der Waals surface area contributed by atoms with Crippen LogP contribution >= 0.6 is 11.8 Å². The van der Waals surface area contributed by atoms with Crippen LogP contribution < -0.4 is 5.32 Å². The van der Waals surface area contributed by atoms with E-state index in [0.29, 0.717) is 25.3 Å². The van der Waals surface area contributed by atoms with Crippen LogP contribution in [0.1, 0.15) is 72.0 Å². The molecule has 1 fully saturated rings. The third kappa shape index (κ3) is 5.87. The van der Waals surface area contributed by atoms with Crippen LogP contribution in [0.3, 0.4) is 0 Å². The number of allylic oxidation sites excluding steroid dienone is 1. The fourth-order valence-electron chi connectivity index (χ4n) is 5.45. The Bertz CT molecular complexity index is 1240. The Labute approximate surface area is 212 Å². The Morgan fingerprint density at radius 1 is 1.03 bits per heavy atom. The number of Topliss-reactive ketones (excluding diaryl/α,β-unsaturated/α-hetero) is 1. The van der Waals surface area contributed by atoms with Crippen molar-refractivity contribution in [2.75, 3.05) is 5.75 Å². The number of ketones is 1. The molecule has 5 rings (SSSR count). The van der Waals surface area contributed by atoms with Crippen molar-refractivity contribution in [1.82, 2.24) is 5.32 Å². The zero-order valence-corrected chi connectivity index (χ0v) is 21.0. The molecule has 3 nitrogen and oxygen atoms in total. The number of hydrogen-bond acceptors (Lipinski definition) is 3. The molecule has 0 bridgehead atoms. The third-order valence-corrected chi connectivity index (χ3v) is 8.28. The number of rotatable bonds is 7. The molecule has 35 heavy (non-hydrogen) atoms. The number of thioether (sulfide) groups is 1. The lowest BCUT2D eigenvalue weighted by Crippen LogP contribution is -2.26. The smallest absolute Gasteiger partial charge is 0.220 e. The van der Waals surface area contributed by atoms with Gasteiger partial charge in [0.05, 0.1) is 0 Å². The molecule has 1 heterocycles. The minimum absolute atomic E-state index is 0.130. The van der Waals surface area contributed by atoms with Gasteiger partial charge in [-0.05, 0) is 58.7 Å². The molecule has 1 aliphatic heterocycles. The highest BCUT2D eigenvalue weighted by atomic mass is 32.2. The summed E-state index contributed by atoms with van der Waals surface area (Å²) in [5.74, 6) is 1.70. The largest absolute Gasteiger partial charge is 0.352 e. The number of carbonyl (C=O) groups excluding carboxylic acids is 2. The molecule has 1 saturated carbocycles. The Morgan fingerprint density at radius 3 is 2.69 bits per heavy atom. The van der Waals surface area contributed by atoms with Crippen LogP contribution in [0.2, 0.25) is 0 Å². The van der Waals surface area contributed by atoms with Gasteiger partial charge < -0.3 is 5.32 Å². The summed E-state index contributed by atoms with van der Waals surface area (Å²) in [5, 5.41) is 5.30. The zero-order valence-electron chi connectivity index (χ0n) is 20.2. The minimum atomic E-state index is 0.130. The van der Waals surface area contributed by atoms with E-state index in [-0.39, 0.29) is 11.7 Å². The van der Waals surface area contributed by atoms with Crippen molar-refractivity contribution in [2.24, 2.45) is 5.92 Å². The van der Waals surface area contributed by atoms with Gasteiger partial charge in [0.1, 0.15) is 0 Å². The van der Waals surface area contributed by atoms with E-state index in [1.54, 1.807) is 11.8 Å². The van der Waals surface area contributed by atoms with Crippen molar-refractivity contribution in [3.63, 3.8) is 0 Å². The fraction of sp³-hybridized carbons (Fsp3) is 0.355. The van der Waals surface area contributed by atoms with Gasteiger partial charge in [0.25, 0.3) is 0 Å². The highest BCUT2D eigenvalue weighted by Crippen LogP contribution is 2.37. The molecule has 0 aromatic heterocycles. The van der Waals surface area contributed by atoms with E-state index in [1.165, 1.54) is 43.2 Å². The first-order valence-electron chi connectivity index (χ1n) is 12.9. The first-order valence-corrected chi connectivity index (χ1v) is 13.9. The Kier molecular flexibility index (Phi) is 7.68. The van der Waals surface area contributed by atoms with Crippen molar-refractivity contribution in [2.45, 2.75) is 62.8 Å². The first kappa shape index (κ1) is 23.9. The number of amides is 1. The van der Waals surface area contributed by atoms with Crippen LogP contribution in [-0.4, -0.2) is 17.4 Å². The SMILES string of the molecule is O=C(CC1CCCCC1)NCc1cc(C/C=C/c2ccccc2)cc2ccc3c(c12)C(=O)CCS3. The van der Waals surface area contributed by atoms with Crippen LogP contribution in [0.15, 0.2) is 65.6 Å². The van der Waals surface area contributed by atoms with E-state index < -0.39 is 0 Å². The molecule has 0 unspecified atom stereocenters. The second-order valence-corrected chi connectivity index (χ2v) is 11.0. The predicted octanol–water partition coefficient (Wildman–Crippen LogP) is 7.36. The lowest BCUT2D eigenvalue weighted by atomic mass is 9.87. The highest BCUT2D eigenvalue weighted by Gasteiger charge is 2.23. The predicted molar refractivity (Wildman–Crippen MR) is 146 cm³/mol. The molecule has 0 radical (unpaired) electrons. The van der Waals surface area contributed by atoms with Gasteiger partial charge in [0, 0.05) is 35.6 Å². The van der Waals surface area contributed by atoms with Crippen LogP contribution in [0, 0.1) is 5.92 Å². The summed E-state index contributed by atoms with van der Waals surface area (Å²) in [6, 6.07) is 18.9. The maximum atomic E-state index is 13.0. The molecule has 0 atom stereocenters. The summed E-state index contributed by atoms with van der Waals surface area (Å²) in [7, 11) is 0. The van der Waals surface area contributed by atoms with Gasteiger partial charge in [0.2, 0.25) is 5.91 Å². The Hall–Kier alpha value is -2.85. The van der Waals surface area contributed by atoms with Crippen molar-refractivity contribution in [3.8, 4) is 0 Å². The molecule has 1 aliphatic carbocycles. The van der Waals surface area contributed by atoms with E-state index in [4.69, 9.17) is 0 Å². The number of nitrogens with one attached hydrogen (secondary N) is 1. The van der Waals surface area contributed by atoms with Crippen LogP contribution in [0.5, 0.6) is 0 Å². The van der Waals surface area contributed by atoms with E-state index in [1.807, 2.05) is 18.2 Å². The normalized spacial score (nSPS) is 16.5. The summed E-state index contributed by atoms with van der Waals surface area (Å²) >= 11 is 1.76. The van der Waals surface area contributed by atoms with Crippen LogP contribution in [0.4, 0.5) is 0 Å². The monoisotopic (exact) mass is 483 g/mol. The minimum Gasteiger partial charge on any atom is -0.352 e. The molecule has 3 aromatic carbocycles. The van der Waals surface area contributed by atoms with E-state index in [0.717, 1.165) is 39.0 Å². The summed E-state index contributed by atoms with van der Waals surface area (Å²) < 4.78 is 0. The van der Waals surface area contributed by atoms with Crippen molar-refractivity contribution < 1.29 is 9.59 Å². The maximum Gasteiger partial charge on any atom is 0.220 e. The van der Waals surface area contributed by atoms with E-state index in [2.05, 4.69) is 53.9 Å². The topological polar surface area (TPSA) is 46.2 Å². The number of carbonyl (C=O) groups is 2. The standard InChI is InChI=1S/C31H33NO2S/c33-27-16-17-35-28-15-14-25-18-24(13-7-12-22-8-3-1-4-9-22)19-26(30(25)31(27)28)21-32-29(34)20-23-10-5-2-6-11-23/h1,3-4,7-9,12,14-15,18-19,23H,2,5-6,10-11,13,16-17,20-21H2,(H,32,34)/b12-7+. The summed E-state index contributed by atoms with van der Waals surface area (Å²) in [4.78, 5) is 26.8. The maximum absolute atomic E-state index is 13.0. The van der Waals surface area contributed by atoms with Gasteiger partial charge in [-0.1, -0.05) is 79.9 Å². The summed E-state index contributed by atoms with van der Waals surface area (Å²) in [6.07, 6.45) is 12.4. The van der Waals surface area contributed by atoms with Crippen LogP contribution in [-0.2, 0) is 17.8 Å².